The van der Waals surface area contributed by atoms with Crippen LogP contribution >= 0.6 is 0 Å². The number of methoxy groups -OCH3 is 1. The highest BCUT2D eigenvalue weighted by Gasteiger charge is 2.33. The lowest BCUT2D eigenvalue weighted by Gasteiger charge is -2.16. The molecule has 0 aliphatic carbocycles. The zero-order valence-electron chi connectivity index (χ0n) is 16.0. The van der Waals surface area contributed by atoms with Crippen molar-refractivity contribution in [2.45, 2.75) is 6.54 Å². The van der Waals surface area contributed by atoms with Gasteiger partial charge in [-0.05, 0) is 35.9 Å². The van der Waals surface area contributed by atoms with Gasteiger partial charge in [-0.2, -0.15) is 0 Å². The van der Waals surface area contributed by atoms with Crippen LogP contribution in [0.1, 0.15) is 21.5 Å². The van der Waals surface area contributed by atoms with Gasteiger partial charge >= 0.3 is 0 Å². The summed E-state index contributed by atoms with van der Waals surface area (Å²) in [6, 6.07) is 24.2. The van der Waals surface area contributed by atoms with Crippen molar-refractivity contribution in [2.75, 3.05) is 18.6 Å². The minimum atomic E-state index is -0.183. The molecule has 1 aliphatic heterocycles. The Hall–Kier alpha value is -3.73. The number of benzene rings is 3. The van der Waals surface area contributed by atoms with Gasteiger partial charge in [-0.3, -0.25) is 14.6 Å². The highest BCUT2D eigenvalue weighted by Crippen LogP contribution is 2.30. The van der Waals surface area contributed by atoms with Crippen LogP contribution in [0, 0.1) is 0 Å². The zero-order valence-corrected chi connectivity index (χ0v) is 16.0. The lowest BCUT2D eigenvalue weighted by Crippen LogP contribution is -2.30. The van der Waals surface area contributed by atoms with Crippen molar-refractivity contribution >= 4 is 23.1 Å². The van der Waals surface area contributed by atoms with Crippen LogP contribution in [-0.2, 0) is 11.3 Å². The van der Waals surface area contributed by atoms with E-state index in [-0.39, 0.29) is 18.2 Å². The number of para-hydroxylation sites is 1. The Kier molecular flexibility index (Phi) is 5.20. The highest BCUT2D eigenvalue weighted by molar-refractivity contribution is 6.54. The van der Waals surface area contributed by atoms with Crippen LogP contribution in [0.25, 0.3) is 0 Å². The fraction of sp³-hybridized carbons (Fsp3) is 0.125. The molecular formula is C24H20N2O3. The van der Waals surface area contributed by atoms with Crippen LogP contribution in [0.15, 0.2) is 83.9 Å². The number of ketones is 1. The van der Waals surface area contributed by atoms with E-state index >= 15 is 0 Å². The Morgan fingerprint density at radius 2 is 1.62 bits per heavy atom. The molecule has 29 heavy (non-hydrogen) atoms. The summed E-state index contributed by atoms with van der Waals surface area (Å²) in [6.45, 7) is 0.378. The van der Waals surface area contributed by atoms with Crippen molar-refractivity contribution in [3.8, 4) is 5.75 Å². The Bertz CT molecular complexity index is 1070. The Balaban J connectivity index is 1.58. The molecule has 144 valence electrons. The third-order valence-corrected chi connectivity index (χ3v) is 4.87. The van der Waals surface area contributed by atoms with Crippen molar-refractivity contribution in [2.24, 2.45) is 4.99 Å². The van der Waals surface area contributed by atoms with E-state index < -0.39 is 0 Å². The van der Waals surface area contributed by atoms with Gasteiger partial charge in [0.05, 0.1) is 19.3 Å². The van der Waals surface area contributed by atoms with Crippen molar-refractivity contribution in [3.63, 3.8) is 0 Å². The van der Waals surface area contributed by atoms with E-state index in [9.17, 15) is 9.59 Å². The Labute approximate surface area is 169 Å². The summed E-state index contributed by atoms with van der Waals surface area (Å²) in [7, 11) is 1.58. The summed E-state index contributed by atoms with van der Waals surface area (Å²) in [5.74, 6) is 0.355. The second kappa shape index (κ2) is 8.10. The molecule has 5 nitrogen and oxygen atoms in total. The maximum absolute atomic E-state index is 13.1. The summed E-state index contributed by atoms with van der Waals surface area (Å²) >= 11 is 0. The number of carbonyl (C=O) groups is 2. The zero-order chi connectivity index (χ0) is 20.2. The van der Waals surface area contributed by atoms with Gasteiger partial charge < -0.3 is 9.64 Å². The maximum Gasteiger partial charge on any atom is 0.277 e. The van der Waals surface area contributed by atoms with Crippen molar-refractivity contribution in [1.29, 1.82) is 0 Å². The molecule has 1 aliphatic rings. The number of fused-ring (bicyclic) bond motifs is 1. The minimum Gasteiger partial charge on any atom is -0.497 e. The van der Waals surface area contributed by atoms with Gasteiger partial charge in [0, 0.05) is 11.1 Å². The molecule has 1 amide bonds. The number of amides is 1. The molecule has 0 atom stereocenters. The van der Waals surface area contributed by atoms with Crippen LogP contribution in [0.3, 0.4) is 0 Å². The van der Waals surface area contributed by atoms with E-state index in [1.807, 2.05) is 54.6 Å². The number of ether oxygens (including phenoxy) is 1. The second-order valence-electron chi connectivity index (χ2n) is 6.71. The number of rotatable bonds is 6. The van der Waals surface area contributed by atoms with Crippen molar-refractivity contribution in [3.05, 3.63) is 95.6 Å². The molecule has 0 radical (unpaired) electrons. The van der Waals surface area contributed by atoms with E-state index in [0.29, 0.717) is 23.6 Å². The fourth-order valence-electron chi connectivity index (χ4n) is 3.36. The van der Waals surface area contributed by atoms with Crippen LogP contribution in [0.2, 0.25) is 0 Å². The molecule has 4 rings (SSSR count). The predicted molar refractivity (Wildman–Crippen MR) is 113 cm³/mol. The number of nitrogens with zero attached hydrogens (tertiary/aromatic N) is 2. The van der Waals surface area contributed by atoms with Crippen molar-refractivity contribution < 1.29 is 14.3 Å². The van der Waals surface area contributed by atoms with Gasteiger partial charge in [0.1, 0.15) is 18.0 Å². The van der Waals surface area contributed by atoms with Gasteiger partial charge in [0.25, 0.3) is 5.91 Å². The number of Topliss-reactive ketones (excluding diaryl/α,β-unsaturated/α-hetero) is 1. The summed E-state index contributed by atoms with van der Waals surface area (Å²) in [6.07, 6.45) is 0. The average molecular weight is 384 g/mol. The van der Waals surface area contributed by atoms with E-state index in [4.69, 9.17) is 4.74 Å². The van der Waals surface area contributed by atoms with Crippen molar-refractivity contribution in [1.82, 2.24) is 0 Å². The second-order valence-corrected chi connectivity index (χ2v) is 6.71. The van der Waals surface area contributed by atoms with Gasteiger partial charge in [0.2, 0.25) is 0 Å². The third kappa shape index (κ3) is 3.80. The minimum absolute atomic E-state index is 0.0824. The van der Waals surface area contributed by atoms with Crippen LogP contribution in [0.4, 0.5) is 5.69 Å². The molecule has 0 saturated carbocycles. The SMILES string of the molecule is COc1ccc(C(=O)CN=C2C(=O)N(Cc3ccccc3)c3ccccc32)cc1. The molecular weight excluding hydrogens is 364 g/mol. The summed E-state index contributed by atoms with van der Waals surface area (Å²) in [4.78, 5) is 31.7. The molecule has 3 aromatic carbocycles. The molecule has 0 spiro atoms. The maximum atomic E-state index is 13.1. The van der Waals surface area contributed by atoms with Crippen LogP contribution in [0.5, 0.6) is 5.75 Å². The molecule has 0 fully saturated rings. The van der Waals surface area contributed by atoms with Gasteiger partial charge in [0.15, 0.2) is 5.78 Å². The largest absolute Gasteiger partial charge is 0.497 e. The normalized spacial score (nSPS) is 14.2. The Morgan fingerprint density at radius 3 is 2.34 bits per heavy atom. The summed E-state index contributed by atoms with van der Waals surface area (Å²) < 4.78 is 5.11. The molecule has 0 bridgehead atoms. The lowest BCUT2D eigenvalue weighted by atomic mass is 10.1. The standard InChI is InChI=1S/C24H20N2O3/c1-29-19-13-11-18(12-14-19)22(27)15-25-23-20-9-5-6-10-21(20)26(24(23)28)16-17-7-3-2-4-8-17/h2-14H,15-16H2,1H3. The summed E-state index contributed by atoms with van der Waals surface area (Å²) in [5.41, 5.74) is 3.48. The van der Waals surface area contributed by atoms with E-state index in [0.717, 1.165) is 16.8 Å². The molecule has 3 aromatic rings. The van der Waals surface area contributed by atoms with E-state index in [1.165, 1.54) is 0 Å². The Morgan fingerprint density at radius 1 is 0.931 bits per heavy atom. The number of aliphatic imine (C=N–C) groups is 1. The van der Waals surface area contributed by atoms with Gasteiger partial charge in [-0.1, -0.05) is 48.5 Å². The average Bonchev–Trinajstić information content (AvgIpc) is 3.04. The fourth-order valence-corrected chi connectivity index (χ4v) is 3.36. The number of carbonyl (C=O) groups excluding carboxylic acids is 2. The first kappa shape index (κ1) is 18.6. The molecule has 0 aromatic heterocycles. The first-order chi connectivity index (χ1) is 14.2. The predicted octanol–water partition coefficient (Wildman–Crippen LogP) is 3.91. The van der Waals surface area contributed by atoms with Crippen LogP contribution in [-0.4, -0.2) is 31.1 Å². The third-order valence-electron chi connectivity index (χ3n) is 4.87. The number of anilines is 1. The molecule has 5 heteroatoms. The topological polar surface area (TPSA) is 59.0 Å². The van der Waals surface area contributed by atoms with E-state index in [1.54, 1.807) is 36.3 Å². The first-order valence-corrected chi connectivity index (χ1v) is 9.34. The van der Waals surface area contributed by atoms with Gasteiger partial charge in [-0.25, -0.2) is 0 Å². The monoisotopic (exact) mass is 384 g/mol. The summed E-state index contributed by atoms with van der Waals surface area (Å²) in [5, 5.41) is 0. The quantitative estimate of drug-likeness (QED) is 0.606. The van der Waals surface area contributed by atoms with E-state index in [2.05, 4.69) is 4.99 Å². The smallest absolute Gasteiger partial charge is 0.277 e. The van der Waals surface area contributed by atoms with Gasteiger partial charge in [-0.15, -0.1) is 0 Å². The molecule has 0 unspecified atom stereocenters. The number of hydrogen-bond donors (Lipinski definition) is 0. The molecule has 0 saturated heterocycles. The highest BCUT2D eigenvalue weighted by atomic mass is 16.5. The number of hydrogen-bond acceptors (Lipinski definition) is 4. The van der Waals surface area contributed by atoms with Crippen LogP contribution < -0.4 is 9.64 Å². The first-order valence-electron chi connectivity index (χ1n) is 9.34. The lowest BCUT2D eigenvalue weighted by molar-refractivity contribution is -0.112. The molecule has 0 N–H and O–H groups in total. The molecule has 1 heterocycles.